The molecule has 0 unspecified atom stereocenters. The van der Waals surface area contributed by atoms with E-state index < -0.39 is 0 Å². The van der Waals surface area contributed by atoms with E-state index in [1.807, 2.05) is 44.2 Å². The zero-order chi connectivity index (χ0) is 13.8. The largest absolute Gasteiger partial charge is 0.490 e. The molecule has 0 amide bonds. The number of ether oxygens (including phenoxy) is 1. The van der Waals surface area contributed by atoms with Gasteiger partial charge in [0.2, 0.25) is 0 Å². The number of hydrogen-bond acceptors (Lipinski definition) is 2. The van der Waals surface area contributed by atoms with Crippen LogP contribution in [0.4, 0.5) is 4.39 Å². The molecule has 0 bridgehead atoms. The fourth-order valence-corrected chi connectivity index (χ4v) is 1.95. The van der Waals surface area contributed by atoms with Crippen LogP contribution in [0.3, 0.4) is 0 Å². The highest BCUT2D eigenvalue weighted by atomic mass is 19.1. The van der Waals surface area contributed by atoms with Crippen LogP contribution in [0.15, 0.2) is 42.5 Å². The maximum atomic E-state index is 14.1. The van der Waals surface area contributed by atoms with Gasteiger partial charge in [0.1, 0.15) is 11.6 Å². The van der Waals surface area contributed by atoms with E-state index in [4.69, 9.17) is 10.5 Å². The lowest BCUT2D eigenvalue weighted by Crippen LogP contribution is -2.06. The summed E-state index contributed by atoms with van der Waals surface area (Å²) in [6.07, 6.45) is 0.0486. The van der Waals surface area contributed by atoms with E-state index in [2.05, 4.69) is 0 Å². The lowest BCUT2D eigenvalue weighted by molar-refractivity contribution is 0.243. The fraction of sp³-hybridized carbons (Fsp3) is 0.250. The summed E-state index contributed by atoms with van der Waals surface area (Å²) in [5.74, 6) is 0.416. The Labute approximate surface area is 113 Å². The predicted octanol–water partition coefficient (Wildman–Crippen LogP) is 3.74. The first kappa shape index (κ1) is 13.6. The van der Waals surface area contributed by atoms with Gasteiger partial charge in [0, 0.05) is 17.7 Å². The molecular weight excluding hydrogens is 241 g/mol. The van der Waals surface area contributed by atoms with Crippen LogP contribution in [0.2, 0.25) is 0 Å². The van der Waals surface area contributed by atoms with Gasteiger partial charge in [-0.25, -0.2) is 4.39 Å². The number of rotatable bonds is 4. The smallest absolute Gasteiger partial charge is 0.131 e. The van der Waals surface area contributed by atoms with Gasteiger partial charge in [-0.15, -0.1) is 0 Å². The van der Waals surface area contributed by atoms with Crippen molar-refractivity contribution in [2.75, 3.05) is 0 Å². The first-order valence-corrected chi connectivity index (χ1v) is 6.36. The molecule has 0 heterocycles. The van der Waals surface area contributed by atoms with Crippen molar-refractivity contribution in [3.8, 4) is 16.9 Å². The summed E-state index contributed by atoms with van der Waals surface area (Å²) in [6, 6.07) is 12.5. The van der Waals surface area contributed by atoms with Crippen LogP contribution < -0.4 is 10.5 Å². The van der Waals surface area contributed by atoms with Crippen LogP contribution in [0.5, 0.6) is 5.75 Å². The number of nitrogens with two attached hydrogens (primary N) is 1. The van der Waals surface area contributed by atoms with Crippen LogP contribution in [0.1, 0.15) is 19.4 Å². The maximum Gasteiger partial charge on any atom is 0.131 e. The molecule has 2 nitrogen and oxygen atoms in total. The highest BCUT2D eigenvalue weighted by Crippen LogP contribution is 2.32. The van der Waals surface area contributed by atoms with Crippen molar-refractivity contribution in [2.24, 2.45) is 5.73 Å². The summed E-state index contributed by atoms with van der Waals surface area (Å²) < 4.78 is 19.8. The number of para-hydroxylation sites is 1. The minimum atomic E-state index is -0.275. The lowest BCUT2D eigenvalue weighted by atomic mass is 10.0. The second-order valence-electron chi connectivity index (χ2n) is 4.68. The van der Waals surface area contributed by atoms with Gasteiger partial charge >= 0.3 is 0 Å². The highest BCUT2D eigenvalue weighted by molar-refractivity contribution is 5.71. The van der Waals surface area contributed by atoms with Crippen LogP contribution in [0, 0.1) is 5.82 Å². The zero-order valence-corrected chi connectivity index (χ0v) is 11.2. The van der Waals surface area contributed by atoms with Crippen LogP contribution >= 0.6 is 0 Å². The van der Waals surface area contributed by atoms with Gasteiger partial charge in [-0.2, -0.15) is 0 Å². The highest BCUT2D eigenvalue weighted by Gasteiger charge is 2.11. The molecule has 0 spiro atoms. The summed E-state index contributed by atoms with van der Waals surface area (Å²) in [4.78, 5) is 0. The Bertz CT molecular complexity index is 566. The molecule has 2 rings (SSSR count). The molecule has 2 N–H and O–H groups in total. The molecule has 0 saturated heterocycles. The molecule has 100 valence electrons. The van der Waals surface area contributed by atoms with Crippen LogP contribution in [-0.4, -0.2) is 6.10 Å². The summed E-state index contributed by atoms with van der Waals surface area (Å²) in [5, 5.41) is 0. The second-order valence-corrected chi connectivity index (χ2v) is 4.68. The van der Waals surface area contributed by atoms with Crippen molar-refractivity contribution in [1.82, 2.24) is 0 Å². The molecular formula is C16H18FNO. The third kappa shape index (κ3) is 3.12. The molecule has 0 aliphatic carbocycles. The molecule has 0 aromatic heterocycles. The average Bonchev–Trinajstić information content (AvgIpc) is 2.39. The molecule has 3 heteroatoms. The number of halogens is 1. The molecule has 2 aromatic rings. The third-order valence-electron chi connectivity index (χ3n) is 2.81. The monoisotopic (exact) mass is 259 g/mol. The normalized spacial score (nSPS) is 10.8. The average molecular weight is 259 g/mol. The molecule has 0 aliphatic rings. The van der Waals surface area contributed by atoms with Gasteiger partial charge in [-0.05, 0) is 31.5 Å². The Morgan fingerprint density at radius 3 is 2.47 bits per heavy atom. The molecule has 0 aliphatic heterocycles. The van der Waals surface area contributed by atoms with Gasteiger partial charge in [0.05, 0.1) is 6.10 Å². The van der Waals surface area contributed by atoms with Crippen molar-refractivity contribution < 1.29 is 9.13 Å². The van der Waals surface area contributed by atoms with Crippen LogP contribution in [0.25, 0.3) is 11.1 Å². The SMILES string of the molecule is CC(C)Oc1ccccc1-c1ccc(CN)cc1F. The van der Waals surface area contributed by atoms with Gasteiger partial charge in [-0.3, -0.25) is 0 Å². The topological polar surface area (TPSA) is 35.2 Å². The molecule has 2 aromatic carbocycles. The third-order valence-corrected chi connectivity index (χ3v) is 2.81. The van der Waals surface area contributed by atoms with E-state index in [1.165, 1.54) is 6.07 Å². The summed E-state index contributed by atoms with van der Waals surface area (Å²) in [5.41, 5.74) is 7.59. The van der Waals surface area contributed by atoms with Crippen molar-refractivity contribution >= 4 is 0 Å². The Morgan fingerprint density at radius 1 is 1.11 bits per heavy atom. The molecule has 0 saturated carbocycles. The zero-order valence-electron chi connectivity index (χ0n) is 11.2. The number of hydrogen-bond donors (Lipinski definition) is 1. The van der Waals surface area contributed by atoms with Crippen molar-refractivity contribution in [1.29, 1.82) is 0 Å². The van der Waals surface area contributed by atoms with Crippen LogP contribution in [-0.2, 0) is 6.54 Å². The van der Waals surface area contributed by atoms with Gasteiger partial charge in [0.15, 0.2) is 0 Å². The van der Waals surface area contributed by atoms with Crippen molar-refractivity contribution in [3.05, 3.63) is 53.8 Å². The summed E-state index contributed by atoms with van der Waals surface area (Å²) in [7, 11) is 0. The van der Waals surface area contributed by atoms with E-state index in [1.54, 1.807) is 6.07 Å². The first-order valence-electron chi connectivity index (χ1n) is 6.36. The van der Waals surface area contributed by atoms with Crippen molar-refractivity contribution in [3.63, 3.8) is 0 Å². The van der Waals surface area contributed by atoms with E-state index in [0.717, 1.165) is 11.1 Å². The Morgan fingerprint density at radius 2 is 1.84 bits per heavy atom. The van der Waals surface area contributed by atoms with Gasteiger partial charge in [0.25, 0.3) is 0 Å². The summed E-state index contributed by atoms with van der Waals surface area (Å²) >= 11 is 0. The van der Waals surface area contributed by atoms with E-state index in [0.29, 0.717) is 17.9 Å². The molecule has 0 atom stereocenters. The van der Waals surface area contributed by atoms with Gasteiger partial charge < -0.3 is 10.5 Å². The number of benzene rings is 2. The molecule has 0 fully saturated rings. The Hall–Kier alpha value is -1.87. The standard InChI is InChI=1S/C16H18FNO/c1-11(2)19-16-6-4-3-5-14(16)13-8-7-12(10-18)9-15(13)17/h3-9,11H,10,18H2,1-2H3. The Kier molecular flexibility index (Phi) is 4.17. The van der Waals surface area contributed by atoms with Gasteiger partial charge in [-0.1, -0.05) is 30.3 Å². The minimum Gasteiger partial charge on any atom is -0.490 e. The van der Waals surface area contributed by atoms with E-state index >= 15 is 0 Å². The Balaban J connectivity index is 2.46. The maximum absolute atomic E-state index is 14.1. The predicted molar refractivity (Wildman–Crippen MR) is 75.5 cm³/mol. The summed E-state index contributed by atoms with van der Waals surface area (Å²) in [6.45, 7) is 4.23. The first-order chi connectivity index (χ1) is 9.11. The van der Waals surface area contributed by atoms with E-state index in [-0.39, 0.29) is 11.9 Å². The lowest BCUT2D eigenvalue weighted by Gasteiger charge is -2.15. The molecule has 19 heavy (non-hydrogen) atoms. The second kappa shape index (κ2) is 5.85. The van der Waals surface area contributed by atoms with E-state index in [9.17, 15) is 4.39 Å². The molecule has 0 radical (unpaired) electrons. The van der Waals surface area contributed by atoms with Crippen molar-refractivity contribution in [2.45, 2.75) is 26.5 Å². The quantitative estimate of drug-likeness (QED) is 0.907. The fourth-order valence-electron chi connectivity index (χ4n) is 1.95. The minimum absolute atomic E-state index is 0.0486.